The van der Waals surface area contributed by atoms with E-state index in [1.54, 1.807) is 6.07 Å². The first-order chi connectivity index (χ1) is 8.73. The highest BCUT2D eigenvalue weighted by Crippen LogP contribution is 2.49. The first kappa shape index (κ1) is 12.0. The van der Waals surface area contributed by atoms with E-state index in [2.05, 4.69) is 6.07 Å². The van der Waals surface area contributed by atoms with Crippen LogP contribution in [0.3, 0.4) is 0 Å². The zero-order valence-corrected chi connectivity index (χ0v) is 10.6. The first-order valence-corrected chi connectivity index (χ1v) is 6.83. The second-order valence-electron chi connectivity index (χ2n) is 5.79. The van der Waals surface area contributed by atoms with Gasteiger partial charge in [-0.15, -0.1) is 0 Å². The Balaban J connectivity index is 1.82. The molecule has 3 nitrogen and oxygen atoms in total. The fourth-order valence-corrected chi connectivity index (χ4v) is 3.30. The van der Waals surface area contributed by atoms with Crippen LogP contribution >= 0.6 is 0 Å². The molecule has 3 rings (SSSR count). The van der Waals surface area contributed by atoms with Gasteiger partial charge in [0.2, 0.25) is 0 Å². The predicted octanol–water partition coefficient (Wildman–Crippen LogP) is 2.08. The molecule has 1 heterocycles. The summed E-state index contributed by atoms with van der Waals surface area (Å²) < 4.78 is 5.94. The van der Waals surface area contributed by atoms with Crippen LogP contribution in [0.4, 0.5) is 0 Å². The molecule has 0 bridgehead atoms. The molecule has 2 unspecified atom stereocenters. The SMILES string of the molecule is NCC1(Cc2cccc(O)c2)CCOC1C1CC1. The Morgan fingerprint density at radius 2 is 2.22 bits per heavy atom. The quantitative estimate of drug-likeness (QED) is 0.856. The van der Waals surface area contributed by atoms with Crippen molar-refractivity contribution in [1.29, 1.82) is 0 Å². The molecule has 1 aliphatic heterocycles. The Kier molecular flexibility index (Phi) is 3.04. The highest BCUT2D eigenvalue weighted by atomic mass is 16.5. The van der Waals surface area contributed by atoms with Gasteiger partial charge >= 0.3 is 0 Å². The Morgan fingerprint density at radius 1 is 1.39 bits per heavy atom. The van der Waals surface area contributed by atoms with Crippen LogP contribution in [0.25, 0.3) is 0 Å². The van der Waals surface area contributed by atoms with Crippen LogP contribution in [0.15, 0.2) is 24.3 Å². The molecule has 3 N–H and O–H groups in total. The smallest absolute Gasteiger partial charge is 0.115 e. The molecule has 1 aromatic carbocycles. The summed E-state index contributed by atoms with van der Waals surface area (Å²) in [6.45, 7) is 1.50. The van der Waals surface area contributed by atoms with Gasteiger partial charge < -0.3 is 15.6 Å². The van der Waals surface area contributed by atoms with Crippen LogP contribution in [0.1, 0.15) is 24.8 Å². The van der Waals surface area contributed by atoms with Crippen LogP contribution in [0.5, 0.6) is 5.75 Å². The average molecular weight is 247 g/mol. The molecule has 2 atom stereocenters. The van der Waals surface area contributed by atoms with E-state index in [9.17, 15) is 5.11 Å². The fourth-order valence-electron chi connectivity index (χ4n) is 3.30. The van der Waals surface area contributed by atoms with Gasteiger partial charge in [0.25, 0.3) is 0 Å². The van der Waals surface area contributed by atoms with Crippen LogP contribution in [0, 0.1) is 11.3 Å². The van der Waals surface area contributed by atoms with E-state index in [1.165, 1.54) is 12.8 Å². The molecule has 0 amide bonds. The number of ether oxygens (including phenoxy) is 1. The molecule has 2 aliphatic rings. The minimum absolute atomic E-state index is 0.0783. The molecule has 0 spiro atoms. The van der Waals surface area contributed by atoms with E-state index < -0.39 is 0 Å². The highest BCUT2D eigenvalue weighted by Gasteiger charge is 2.50. The van der Waals surface area contributed by atoms with Crippen molar-refractivity contribution in [2.75, 3.05) is 13.2 Å². The van der Waals surface area contributed by atoms with Gasteiger partial charge in [0.1, 0.15) is 5.75 Å². The number of nitrogens with two attached hydrogens (primary N) is 1. The molecule has 1 aliphatic carbocycles. The van der Waals surface area contributed by atoms with Gasteiger partial charge in [-0.25, -0.2) is 0 Å². The number of hydrogen-bond acceptors (Lipinski definition) is 3. The maximum Gasteiger partial charge on any atom is 0.115 e. The molecule has 1 saturated heterocycles. The third-order valence-corrected chi connectivity index (χ3v) is 4.42. The number of rotatable bonds is 4. The van der Waals surface area contributed by atoms with Crippen molar-refractivity contribution >= 4 is 0 Å². The summed E-state index contributed by atoms with van der Waals surface area (Å²) in [7, 11) is 0. The minimum Gasteiger partial charge on any atom is -0.508 e. The van der Waals surface area contributed by atoms with E-state index in [-0.39, 0.29) is 5.41 Å². The van der Waals surface area contributed by atoms with Crippen molar-refractivity contribution in [1.82, 2.24) is 0 Å². The normalized spacial score (nSPS) is 31.7. The summed E-state index contributed by atoms with van der Waals surface area (Å²) in [5.41, 5.74) is 7.31. The molecule has 0 aromatic heterocycles. The van der Waals surface area contributed by atoms with Crippen molar-refractivity contribution in [3.63, 3.8) is 0 Å². The fraction of sp³-hybridized carbons (Fsp3) is 0.600. The molecule has 1 saturated carbocycles. The summed E-state index contributed by atoms with van der Waals surface area (Å²) in [5.74, 6) is 1.05. The third-order valence-electron chi connectivity index (χ3n) is 4.42. The number of phenols is 1. The van der Waals surface area contributed by atoms with Crippen LogP contribution in [0.2, 0.25) is 0 Å². The summed E-state index contributed by atoms with van der Waals surface area (Å²) in [6, 6.07) is 7.53. The molecule has 98 valence electrons. The van der Waals surface area contributed by atoms with Crippen molar-refractivity contribution in [2.45, 2.75) is 31.8 Å². The van der Waals surface area contributed by atoms with Crippen molar-refractivity contribution in [2.24, 2.45) is 17.1 Å². The van der Waals surface area contributed by atoms with Gasteiger partial charge in [0.15, 0.2) is 0 Å². The molecule has 3 heteroatoms. The second kappa shape index (κ2) is 4.56. The topological polar surface area (TPSA) is 55.5 Å². The molecule has 2 fully saturated rings. The lowest BCUT2D eigenvalue weighted by molar-refractivity contribution is 0.0345. The lowest BCUT2D eigenvalue weighted by atomic mass is 9.74. The van der Waals surface area contributed by atoms with Gasteiger partial charge in [-0.3, -0.25) is 0 Å². The monoisotopic (exact) mass is 247 g/mol. The van der Waals surface area contributed by atoms with E-state index in [0.717, 1.165) is 25.0 Å². The Labute approximate surface area is 108 Å². The zero-order chi connectivity index (χ0) is 12.6. The van der Waals surface area contributed by atoms with Gasteiger partial charge in [0, 0.05) is 18.6 Å². The minimum atomic E-state index is 0.0783. The number of phenolic OH excluding ortho intramolecular Hbond substituents is 1. The van der Waals surface area contributed by atoms with E-state index in [0.29, 0.717) is 24.3 Å². The summed E-state index contributed by atoms with van der Waals surface area (Å²) in [6.07, 6.45) is 4.85. The van der Waals surface area contributed by atoms with Crippen molar-refractivity contribution < 1.29 is 9.84 Å². The highest BCUT2D eigenvalue weighted by molar-refractivity contribution is 5.28. The van der Waals surface area contributed by atoms with Crippen molar-refractivity contribution in [3.05, 3.63) is 29.8 Å². The maximum atomic E-state index is 9.57. The Bertz CT molecular complexity index is 430. The first-order valence-electron chi connectivity index (χ1n) is 6.83. The average Bonchev–Trinajstić information content (AvgIpc) is 3.12. The second-order valence-corrected chi connectivity index (χ2v) is 5.79. The van der Waals surface area contributed by atoms with Crippen LogP contribution < -0.4 is 5.73 Å². The van der Waals surface area contributed by atoms with Gasteiger partial charge in [-0.2, -0.15) is 0 Å². The lowest BCUT2D eigenvalue weighted by Gasteiger charge is -2.33. The molecular weight excluding hydrogens is 226 g/mol. The molecule has 0 radical (unpaired) electrons. The summed E-state index contributed by atoms with van der Waals surface area (Å²) in [4.78, 5) is 0. The number of hydrogen-bond donors (Lipinski definition) is 2. The van der Waals surface area contributed by atoms with E-state index in [4.69, 9.17) is 10.5 Å². The predicted molar refractivity (Wildman–Crippen MR) is 70.4 cm³/mol. The van der Waals surface area contributed by atoms with E-state index >= 15 is 0 Å². The van der Waals surface area contributed by atoms with E-state index in [1.807, 2.05) is 12.1 Å². The maximum absolute atomic E-state index is 9.57. The van der Waals surface area contributed by atoms with Gasteiger partial charge in [-0.1, -0.05) is 12.1 Å². The number of benzene rings is 1. The largest absolute Gasteiger partial charge is 0.508 e. The third kappa shape index (κ3) is 2.13. The van der Waals surface area contributed by atoms with Crippen molar-refractivity contribution in [3.8, 4) is 5.75 Å². The number of aromatic hydroxyl groups is 1. The lowest BCUT2D eigenvalue weighted by Crippen LogP contribution is -2.41. The molecule has 18 heavy (non-hydrogen) atoms. The standard InChI is InChI=1S/C15H21NO2/c16-10-15(6-7-18-14(15)12-4-5-12)9-11-2-1-3-13(17)8-11/h1-3,8,12,14,17H,4-7,9-10,16H2. The molecular formula is C15H21NO2. The zero-order valence-electron chi connectivity index (χ0n) is 10.6. The Morgan fingerprint density at radius 3 is 2.89 bits per heavy atom. The van der Waals surface area contributed by atoms with Crippen LogP contribution in [-0.2, 0) is 11.2 Å². The summed E-state index contributed by atoms with van der Waals surface area (Å²) in [5, 5.41) is 9.57. The van der Waals surface area contributed by atoms with Crippen LogP contribution in [-0.4, -0.2) is 24.4 Å². The summed E-state index contributed by atoms with van der Waals surface area (Å²) >= 11 is 0. The van der Waals surface area contributed by atoms with Gasteiger partial charge in [-0.05, 0) is 49.3 Å². The molecule has 1 aromatic rings. The van der Waals surface area contributed by atoms with Gasteiger partial charge in [0.05, 0.1) is 6.10 Å². The Hall–Kier alpha value is -1.06.